The van der Waals surface area contributed by atoms with Crippen molar-refractivity contribution in [3.05, 3.63) is 0 Å². The highest BCUT2D eigenvalue weighted by Crippen LogP contribution is 2.29. The van der Waals surface area contributed by atoms with Crippen molar-refractivity contribution in [1.82, 2.24) is 4.72 Å². The van der Waals surface area contributed by atoms with E-state index in [-0.39, 0.29) is 4.99 Å². The van der Waals surface area contributed by atoms with Gasteiger partial charge in [-0.1, -0.05) is 51.7 Å². The fourth-order valence-corrected chi connectivity index (χ4v) is 4.59. The lowest BCUT2D eigenvalue weighted by Gasteiger charge is -2.26. The fourth-order valence-electron chi connectivity index (χ4n) is 2.70. The first kappa shape index (κ1) is 16.9. The van der Waals surface area contributed by atoms with Crippen LogP contribution in [0.2, 0.25) is 0 Å². The van der Waals surface area contributed by atoms with E-state index in [4.69, 9.17) is 18.0 Å². The second-order valence-electron chi connectivity index (χ2n) is 5.65. The van der Waals surface area contributed by atoms with Crippen LogP contribution in [0.4, 0.5) is 0 Å². The van der Waals surface area contributed by atoms with E-state index in [1.54, 1.807) is 6.92 Å². The maximum absolute atomic E-state index is 12.0. The maximum Gasteiger partial charge on any atom is 0.220 e. The van der Waals surface area contributed by atoms with Gasteiger partial charge in [0, 0.05) is 6.54 Å². The Bertz CT molecular complexity index is 387. The summed E-state index contributed by atoms with van der Waals surface area (Å²) in [4.78, 5) is 0.0569. The first-order chi connectivity index (χ1) is 8.86. The predicted molar refractivity (Wildman–Crippen MR) is 83.5 cm³/mol. The van der Waals surface area contributed by atoms with Crippen LogP contribution in [-0.2, 0) is 10.0 Å². The number of nitrogens with one attached hydrogen (secondary N) is 1. The lowest BCUT2D eigenvalue weighted by molar-refractivity contribution is 0.278. The minimum atomic E-state index is -3.40. The Kier molecular flexibility index (Phi) is 6.69. The summed E-state index contributed by atoms with van der Waals surface area (Å²) < 4.78 is 26.7. The van der Waals surface area contributed by atoms with E-state index in [2.05, 4.69) is 11.6 Å². The molecule has 0 radical (unpaired) electrons. The minimum Gasteiger partial charge on any atom is -0.392 e. The SMILES string of the molecule is CCC(C(N)=S)S(=O)(=O)NCCC1CCC(C)CC1. The Morgan fingerprint density at radius 3 is 2.42 bits per heavy atom. The minimum absolute atomic E-state index is 0.0569. The first-order valence-corrected chi connectivity index (χ1v) is 9.10. The molecule has 19 heavy (non-hydrogen) atoms. The summed E-state index contributed by atoms with van der Waals surface area (Å²) in [6.07, 6.45) is 6.31. The summed E-state index contributed by atoms with van der Waals surface area (Å²) in [6, 6.07) is 0. The lowest BCUT2D eigenvalue weighted by atomic mass is 9.81. The Morgan fingerprint density at radius 2 is 1.95 bits per heavy atom. The molecule has 3 N–H and O–H groups in total. The summed E-state index contributed by atoms with van der Waals surface area (Å²) in [5.41, 5.74) is 5.48. The van der Waals surface area contributed by atoms with Gasteiger partial charge in [-0.2, -0.15) is 0 Å². The van der Waals surface area contributed by atoms with Crippen LogP contribution in [-0.4, -0.2) is 25.2 Å². The van der Waals surface area contributed by atoms with Gasteiger partial charge >= 0.3 is 0 Å². The molecule has 0 aromatic carbocycles. The first-order valence-electron chi connectivity index (χ1n) is 7.14. The van der Waals surface area contributed by atoms with Crippen LogP contribution < -0.4 is 10.5 Å². The molecule has 0 heterocycles. The molecule has 0 aromatic heterocycles. The molecule has 1 rings (SSSR count). The number of sulfonamides is 1. The number of rotatable bonds is 7. The van der Waals surface area contributed by atoms with Crippen molar-refractivity contribution in [2.24, 2.45) is 17.6 Å². The third kappa shape index (κ3) is 5.36. The number of thiocarbonyl (C=S) groups is 1. The smallest absolute Gasteiger partial charge is 0.220 e. The molecule has 0 bridgehead atoms. The zero-order valence-electron chi connectivity index (χ0n) is 11.9. The average molecular weight is 306 g/mol. The summed E-state index contributed by atoms with van der Waals surface area (Å²) in [5.74, 6) is 1.48. The molecule has 1 unspecified atom stereocenters. The van der Waals surface area contributed by atoms with Crippen LogP contribution in [0, 0.1) is 11.8 Å². The maximum atomic E-state index is 12.0. The predicted octanol–water partition coefficient (Wildman–Crippen LogP) is 2.19. The molecule has 1 atom stereocenters. The molecule has 0 aliphatic heterocycles. The Hall–Kier alpha value is -0.200. The summed E-state index contributed by atoms with van der Waals surface area (Å²) in [7, 11) is -3.40. The molecular formula is C13H26N2O2S2. The van der Waals surface area contributed by atoms with Crippen molar-refractivity contribution >= 4 is 27.2 Å². The van der Waals surface area contributed by atoms with Crippen molar-refractivity contribution < 1.29 is 8.42 Å². The molecular weight excluding hydrogens is 280 g/mol. The molecule has 1 aliphatic carbocycles. The summed E-state index contributed by atoms with van der Waals surface area (Å²) >= 11 is 4.81. The summed E-state index contributed by atoms with van der Waals surface area (Å²) in [5, 5.41) is -0.742. The molecule has 112 valence electrons. The van der Waals surface area contributed by atoms with Crippen molar-refractivity contribution in [1.29, 1.82) is 0 Å². The molecule has 4 nitrogen and oxygen atoms in total. The molecule has 6 heteroatoms. The molecule has 1 fully saturated rings. The van der Waals surface area contributed by atoms with Crippen LogP contribution in [0.1, 0.15) is 52.4 Å². The van der Waals surface area contributed by atoms with Gasteiger partial charge in [0.05, 0.1) is 4.99 Å². The Morgan fingerprint density at radius 1 is 1.37 bits per heavy atom. The van der Waals surface area contributed by atoms with E-state index in [1.807, 2.05) is 0 Å². The second-order valence-corrected chi connectivity index (χ2v) is 8.07. The van der Waals surface area contributed by atoms with Gasteiger partial charge in [0.1, 0.15) is 5.25 Å². The molecule has 0 saturated heterocycles. The third-order valence-corrected chi connectivity index (χ3v) is 6.43. The van der Waals surface area contributed by atoms with E-state index >= 15 is 0 Å². The van der Waals surface area contributed by atoms with Gasteiger partial charge in [0.25, 0.3) is 0 Å². The fraction of sp³-hybridized carbons (Fsp3) is 0.923. The van der Waals surface area contributed by atoms with Crippen molar-refractivity contribution in [3.8, 4) is 0 Å². The van der Waals surface area contributed by atoms with Crippen molar-refractivity contribution in [2.45, 2.75) is 57.6 Å². The van der Waals surface area contributed by atoms with Gasteiger partial charge in [0.2, 0.25) is 10.0 Å². The zero-order chi connectivity index (χ0) is 14.5. The van der Waals surface area contributed by atoms with Gasteiger partial charge in [-0.3, -0.25) is 0 Å². The van der Waals surface area contributed by atoms with Crippen LogP contribution in [0.5, 0.6) is 0 Å². The van der Waals surface area contributed by atoms with Crippen LogP contribution >= 0.6 is 12.2 Å². The largest absolute Gasteiger partial charge is 0.392 e. The molecule has 1 saturated carbocycles. The molecule has 0 aromatic rings. The molecule has 0 amide bonds. The lowest BCUT2D eigenvalue weighted by Crippen LogP contribution is -2.42. The van der Waals surface area contributed by atoms with Gasteiger partial charge in [-0.15, -0.1) is 0 Å². The Balaban J connectivity index is 2.37. The monoisotopic (exact) mass is 306 g/mol. The van der Waals surface area contributed by atoms with E-state index in [1.165, 1.54) is 25.7 Å². The van der Waals surface area contributed by atoms with Crippen molar-refractivity contribution in [2.75, 3.05) is 6.54 Å². The van der Waals surface area contributed by atoms with E-state index in [0.717, 1.165) is 12.3 Å². The van der Waals surface area contributed by atoms with E-state index in [9.17, 15) is 8.42 Å². The molecule has 1 aliphatic rings. The second kappa shape index (κ2) is 7.55. The van der Waals surface area contributed by atoms with Crippen LogP contribution in [0.15, 0.2) is 0 Å². The van der Waals surface area contributed by atoms with E-state index < -0.39 is 15.3 Å². The normalized spacial score (nSPS) is 26.0. The van der Waals surface area contributed by atoms with Gasteiger partial charge in [-0.25, -0.2) is 13.1 Å². The summed E-state index contributed by atoms with van der Waals surface area (Å²) in [6.45, 7) is 4.57. The van der Waals surface area contributed by atoms with Crippen LogP contribution in [0.25, 0.3) is 0 Å². The zero-order valence-corrected chi connectivity index (χ0v) is 13.5. The number of hydrogen-bond donors (Lipinski definition) is 2. The average Bonchev–Trinajstić information content (AvgIpc) is 2.31. The highest BCUT2D eigenvalue weighted by atomic mass is 32.2. The third-order valence-electron chi connectivity index (χ3n) is 4.05. The number of nitrogens with two attached hydrogens (primary N) is 1. The Labute approximate surface area is 122 Å². The van der Waals surface area contributed by atoms with Crippen molar-refractivity contribution in [3.63, 3.8) is 0 Å². The highest BCUT2D eigenvalue weighted by molar-refractivity contribution is 7.93. The van der Waals surface area contributed by atoms with E-state index in [0.29, 0.717) is 18.9 Å². The van der Waals surface area contributed by atoms with Crippen LogP contribution in [0.3, 0.4) is 0 Å². The standard InChI is InChI=1S/C13H26N2O2S2/c1-3-12(13(14)18)19(16,17)15-9-8-11-6-4-10(2)5-7-11/h10-12,15H,3-9H2,1-2H3,(H2,14,18). The van der Waals surface area contributed by atoms with Gasteiger partial charge < -0.3 is 5.73 Å². The highest BCUT2D eigenvalue weighted by Gasteiger charge is 2.26. The topological polar surface area (TPSA) is 72.2 Å². The van der Waals surface area contributed by atoms with Gasteiger partial charge in [0.15, 0.2) is 0 Å². The quantitative estimate of drug-likeness (QED) is 0.707. The van der Waals surface area contributed by atoms with Gasteiger partial charge in [-0.05, 0) is 24.7 Å². The number of hydrogen-bond acceptors (Lipinski definition) is 3. The molecule has 0 spiro atoms.